The number of amides is 1. The molecule has 0 spiro atoms. The molecular formula is C17H21N3O2. The lowest BCUT2D eigenvalue weighted by atomic mass is 10.0. The number of nitrogens with one attached hydrogen (secondary N) is 1. The predicted octanol–water partition coefficient (Wildman–Crippen LogP) is 1.55. The van der Waals surface area contributed by atoms with E-state index in [1.807, 2.05) is 18.2 Å². The van der Waals surface area contributed by atoms with Crippen LogP contribution in [0.4, 0.5) is 0 Å². The number of hydrogen-bond acceptors (Lipinski definition) is 4. The SMILES string of the molecule is CN1CCC(NC(=O)c2ccc3cccnc3c2CO)CC1. The summed E-state index contributed by atoms with van der Waals surface area (Å²) in [5.74, 6) is -0.119. The standard InChI is InChI=1S/C17H21N3O2/c1-20-9-6-13(7-10-20)19-17(22)14-5-4-12-3-2-8-18-16(12)15(14)11-21/h2-5,8,13,21H,6-7,9-11H2,1H3,(H,19,22). The van der Waals surface area contributed by atoms with Gasteiger partial charge >= 0.3 is 0 Å². The van der Waals surface area contributed by atoms with E-state index in [-0.39, 0.29) is 18.6 Å². The Morgan fingerprint density at radius 3 is 2.86 bits per heavy atom. The molecule has 1 fully saturated rings. The molecular weight excluding hydrogens is 278 g/mol. The van der Waals surface area contributed by atoms with Crippen LogP contribution in [0.3, 0.4) is 0 Å². The van der Waals surface area contributed by atoms with Crippen LogP contribution in [0, 0.1) is 0 Å². The van der Waals surface area contributed by atoms with Gasteiger partial charge in [-0.05, 0) is 45.1 Å². The molecule has 0 bridgehead atoms. The number of fused-ring (bicyclic) bond motifs is 1. The minimum atomic E-state index is -0.190. The fraction of sp³-hybridized carbons (Fsp3) is 0.412. The first-order chi connectivity index (χ1) is 10.7. The summed E-state index contributed by atoms with van der Waals surface area (Å²) in [7, 11) is 2.09. The van der Waals surface area contributed by atoms with E-state index in [2.05, 4.69) is 22.2 Å². The second-order valence-corrected chi connectivity index (χ2v) is 5.88. The van der Waals surface area contributed by atoms with Gasteiger partial charge in [0.2, 0.25) is 0 Å². The summed E-state index contributed by atoms with van der Waals surface area (Å²) < 4.78 is 0. The summed E-state index contributed by atoms with van der Waals surface area (Å²) in [6, 6.07) is 7.64. The van der Waals surface area contributed by atoms with Crippen LogP contribution in [0.25, 0.3) is 10.9 Å². The molecule has 0 unspecified atom stereocenters. The van der Waals surface area contributed by atoms with Crippen molar-refractivity contribution in [2.24, 2.45) is 0 Å². The highest BCUT2D eigenvalue weighted by Crippen LogP contribution is 2.21. The van der Waals surface area contributed by atoms with E-state index < -0.39 is 0 Å². The van der Waals surface area contributed by atoms with E-state index in [0.717, 1.165) is 31.3 Å². The van der Waals surface area contributed by atoms with E-state index in [0.29, 0.717) is 16.6 Å². The molecule has 1 amide bonds. The van der Waals surface area contributed by atoms with Crippen molar-refractivity contribution in [3.8, 4) is 0 Å². The summed E-state index contributed by atoms with van der Waals surface area (Å²) in [5, 5.41) is 13.7. The number of pyridine rings is 1. The molecule has 0 radical (unpaired) electrons. The van der Waals surface area contributed by atoms with Crippen LogP contribution in [-0.2, 0) is 6.61 Å². The third-order valence-electron chi connectivity index (χ3n) is 4.34. The van der Waals surface area contributed by atoms with Crippen molar-refractivity contribution in [3.05, 3.63) is 41.6 Å². The number of nitrogens with zero attached hydrogens (tertiary/aromatic N) is 2. The normalized spacial score (nSPS) is 16.8. The maximum atomic E-state index is 12.6. The van der Waals surface area contributed by atoms with E-state index >= 15 is 0 Å². The second-order valence-electron chi connectivity index (χ2n) is 5.88. The van der Waals surface area contributed by atoms with Gasteiger partial charge in [0.25, 0.3) is 5.91 Å². The molecule has 1 aromatic heterocycles. The van der Waals surface area contributed by atoms with Crippen LogP contribution in [0.1, 0.15) is 28.8 Å². The van der Waals surface area contributed by atoms with Crippen molar-refractivity contribution in [1.82, 2.24) is 15.2 Å². The Kier molecular flexibility index (Phi) is 4.36. The highest BCUT2D eigenvalue weighted by Gasteiger charge is 2.21. The van der Waals surface area contributed by atoms with Gasteiger partial charge in [0.1, 0.15) is 0 Å². The third-order valence-corrected chi connectivity index (χ3v) is 4.34. The van der Waals surface area contributed by atoms with Crippen LogP contribution in [0.15, 0.2) is 30.5 Å². The van der Waals surface area contributed by atoms with Crippen molar-refractivity contribution < 1.29 is 9.90 Å². The summed E-state index contributed by atoms with van der Waals surface area (Å²) in [6.07, 6.45) is 3.60. The van der Waals surface area contributed by atoms with Crippen molar-refractivity contribution in [2.75, 3.05) is 20.1 Å². The zero-order valence-electron chi connectivity index (χ0n) is 12.7. The first kappa shape index (κ1) is 14.9. The van der Waals surface area contributed by atoms with Crippen molar-refractivity contribution in [3.63, 3.8) is 0 Å². The maximum Gasteiger partial charge on any atom is 0.251 e. The number of aliphatic hydroxyl groups is 1. The Bertz CT molecular complexity index is 679. The van der Waals surface area contributed by atoms with Gasteiger partial charge in [-0.3, -0.25) is 9.78 Å². The molecule has 3 rings (SSSR count). The molecule has 1 saturated heterocycles. The Hall–Kier alpha value is -1.98. The first-order valence-corrected chi connectivity index (χ1v) is 7.66. The topological polar surface area (TPSA) is 65.5 Å². The highest BCUT2D eigenvalue weighted by molar-refractivity contribution is 6.00. The Labute approximate surface area is 130 Å². The average molecular weight is 299 g/mol. The zero-order valence-corrected chi connectivity index (χ0v) is 12.7. The summed E-state index contributed by atoms with van der Waals surface area (Å²) in [4.78, 5) is 19.1. The minimum Gasteiger partial charge on any atom is -0.392 e. The molecule has 1 aliphatic heterocycles. The molecule has 2 aromatic rings. The van der Waals surface area contributed by atoms with E-state index in [1.165, 1.54) is 0 Å². The smallest absolute Gasteiger partial charge is 0.251 e. The van der Waals surface area contributed by atoms with E-state index in [9.17, 15) is 9.90 Å². The van der Waals surface area contributed by atoms with Crippen LogP contribution < -0.4 is 5.32 Å². The fourth-order valence-electron chi connectivity index (χ4n) is 2.99. The summed E-state index contributed by atoms with van der Waals surface area (Å²) in [6.45, 7) is 1.80. The van der Waals surface area contributed by atoms with Gasteiger partial charge in [0.15, 0.2) is 0 Å². The number of rotatable bonds is 3. The quantitative estimate of drug-likeness (QED) is 0.902. The molecule has 1 aliphatic rings. The van der Waals surface area contributed by atoms with Gasteiger partial charge in [-0.1, -0.05) is 12.1 Å². The summed E-state index contributed by atoms with van der Waals surface area (Å²) >= 11 is 0. The van der Waals surface area contributed by atoms with Crippen LogP contribution in [-0.4, -0.2) is 47.1 Å². The molecule has 0 aliphatic carbocycles. The molecule has 5 nitrogen and oxygen atoms in total. The fourth-order valence-corrected chi connectivity index (χ4v) is 2.99. The lowest BCUT2D eigenvalue weighted by molar-refractivity contribution is 0.0914. The average Bonchev–Trinajstić information content (AvgIpc) is 2.55. The van der Waals surface area contributed by atoms with Gasteiger partial charge in [0.05, 0.1) is 12.1 Å². The molecule has 116 valence electrons. The maximum absolute atomic E-state index is 12.6. The molecule has 0 atom stereocenters. The number of carbonyl (C=O) groups is 1. The van der Waals surface area contributed by atoms with Crippen LogP contribution in [0.5, 0.6) is 0 Å². The largest absolute Gasteiger partial charge is 0.392 e. The predicted molar refractivity (Wildman–Crippen MR) is 85.7 cm³/mol. The molecule has 5 heteroatoms. The van der Waals surface area contributed by atoms with Crippen molar-refractivity contribution >= 4 is 16.8 Å². The number of piperidine rings is 1. The van der Waals surface area contributed by atoms with Crippen molar-refractivity contribution in [1.29, 1.82) is 0 Å². The second kappa shape index (κ2) is 6.42. The molecule has 2 heterocycles. The van der Waals surface area contributed by atoms with Crippen molar-refractivity contribution in [2.45, 2.75) is 25.5 Å². The highest BCUT2D eigenvalue weighted by atomic mass is 16.3. The van der Waals surface area contributed by atoms with Gasteiger partial charge in [-0.2, -0.15) is 0 Å². The Balaban J connectivity index is 1.84. The lowest BCUT2D eigenvalue weighted by Gasteiger charge is -2.29. The molecule has 2 N–H and O–H groups in total. The Morgan fingerprint density at radius 1 is 1.36 bits per heavy atom. The van der Waals surface area contributed by atoms with Gasteiger partial charge in [-0.15, -0.1) is 0 Å². The van der Waals surface area contributed by atoms with E-state index in [1.54, 1.807) is 12.3 Å². The van der Waals surface area contributed by atoms with Gasteiger partial charge in [-0.25, -0.2) is 0 Å². The minimum absolute atomic E-state index is 0.119. The number of benzene rings is 1. The monoisotopic (exact) mass is 299 g/mol. The van der Waals surface area contributed by atoms with Crippen LogP contribution >= 0.6 is 0 Å². The zero-order chi connectivity index (χ0) is 15.5. The number of aliphatic hydroxyl groups excluding tert-OH is 1. The Morgan fingerprint density at radius 2 is 2.14 bits per heavy atom. The number of likely N-dealkylation sites (tertiary alicyclic amines) is 1. The third kappa shape index (κ3) is 2.96. The van der Waals surface area contributed by atoms with Gasteiger partial charge < -0.3 is 15.3 Å². The molecule has 22 heavy (non-hydrogen) atoms. The van der Waals surface area contributed by atoms with Crippen LogP contribution in [0.2, 0.25) is 0 Å². The number of aromatic nitrogens is 1. The molecule has 0 saturated carbocycles. The molecule has 1 aromatic carbocycles. The lowest BCUT2D eigenvalue weighted by Crippen LogP contribution is -2.43. The van der Waals surface area contributed by atoms with Gasteiger partial charge in [0, 0.05) is 28.8 Å². The number of carbonyl (C=O) groups excluding carboxylic acids is 1. The van der Waals surface area contributed by atoms with E-state index in [4.69, 9.17) is 0 Å². The first-order valence-electron chi connectivity index (χ1n) is 7.66. The summed E-state index contributed by atoms with van der Waals surface area (Å²) in [5.41, 5.74) is 1.82. The number of hydrogen-bond donors (Lipinski definition) is 2.